The average molecular weight is 809 g/mol. The van der Waals surface area contributed by atoms with Crippen LogP contribution in [0.3, 0.4) is 0 Å². The zero-order valence-electron chi connectivity index (χ0n) is 32.4. The number of aliphatic carboxylic acids is 1. The second-order valence-corrected chi connectivity index (χ2v) is 18.0. The molecular weight excluding hydrogens is 760 g/mol. The van der Waals surface area contributed by atoms with Crippen LogP contribution in [0.25, 0.3) is 22.3 Å². The maximum Gasteiger partial charge on any atom is 0.408 e. The number of carboxylic acids is 1. The summed E-state index contributed by atoms with van der Waals surface area (Å²) in [6.45, 7) is 13.2. The van der Waals surface area contributed by atoms with E-state index in [1.807, 2.05) is 40.0 Å². The fraction of sp³-hybridized carbons (Fsp3) is 0.550. The minimum absolute atomic E-state index is 0.0282. The van der Waals surface area contributed by atoms with Gasteiger partial charge >= 0.3 is 12.1 Å². The number of thiazole rings is 1. The molecule has 4 fully saturated rings. The van der Waals surface area contributed by atoms with Crippen LogP contribution >= 0.6 is 22.9 Å². The van der Waals surface area contributed by atoms with Crippen molar-refractivity contribution in [2.45, 2.75) is 103 Å². The van der Waals surface area contributed by atoms with E-state index >= 15 is 0 Å². The van der Waals surface area contributed by atoms with Gasteiger partial charge in [-0.25, -0.2) is 19.6 Å². The van der Waals surface area contributed by atoms with E-state index < -0.39 is 58.9 Å². The highest BCUT2D eigenvalue weighted by Crippen LogP contribution is 2.52. The monoisotopic (exact) mass is 808 g/mol. The van der Waals surface area contributed by atoms with Gasteiger partial charge in [0, 0.05) is 35.2 Å². The topological polar surface area (TPSA) is 181 Å². The molecule has 14 nitrogen and oxygen atoms in total. The molecule has 1 aromatic carbocycles. The zero-order valence-corrected chi connectivity index (χ0v) is 34.0. The lowest BCUT2D eigenvalue weighted by Gasteiger charge is -2.35. The minimum atomic E-state index is -1.53. The van der Waals surface area contributed by atoms with Gasteiger partial charge in [0.15, 0.2) is 5.13 Å². The Bertz CT molecular complexity index is 2060. The molecule has 3 heterocycles. The number of nitrogens with one attached hydrogen (secondary N) is 3. The number of nitrogens with zero attached hydrogens (tertiary/aromatic N) is 3. The molecule has 4 N–H and O–H groups in total. The molecule has 7 rings (SSSR count). The maximum atomic E-state index is 14.7. The lowest BCUT2D eigenvalue weighted by atomic mass is 9.85. The highest BCUT2D eigenvalue weighted by molar-refractivity contribution is 7.14. The molecule has 3 amide bonds. The van der Waals surface area contributed by atoms with Crippen molar-refractivity contribution in [2.24, 2.45) is 23.2 Å². The van der Waals surface area contributed by atoms with Crippen molar-refractivity contribution in [3.8, 4) is 22.9 Å². The Labute approximate surface area is 334 Å². The first kappa shape index (κ1) is 39.6. The Kier molecular flexibility index (Phi) is 10.6. The van der Waals surface area contributed by atoms with E-state index in [0.29, 0.717) is 50.8 Å². The number of carbonyl (C=O) groups is 4. The Morgan fingerprint density at radius 3 is 2.43 bits per heavy atom. The SMILES string of the molecule is C=CC1C[C@]1(NC(=O)[C@@H]1C[C@@H](Oc2cc(-c3csc(NC(C)C)n3)nc3c(Cl)c(OC)ccc23)CN1C(=O)[C@@H](NC(=O)O[C@@H]1C[C@@H]2C[C@@H]2C1)C(C)(C)C)C(=O)O. The second kappa shape index (κ2) is 15.0. The third kappa shape index (κ3) is 7.84. The normalized spacial score (nSPS) is 27.0. The number of methoxy groups -OCH3 is 1. The van der Waals surface area contributed by atoms with Crippen LogP contribution < -0.4 is 25.4 Å². The molecule has 1 saturated heterocycles. The van der Waals surface area contributed by atoms with Gasteiger partial charge < -0.3 is 40.2 Å². The summed E-state index contributed by atoms with van der Waals surface area (Å²) >= 11 is 8.24. The molecule has 0 spiro atoms. The van der Waals surface area contributed by atoms with Gasteiger partial charge in [0.25, 0.3) is 0 Å². The predicted molar refractivity (Wildman–Crippen MR) is 212 cm³/mol. The molecule has 0 radical (unpaired) electrons. The van der Waals surface area contributed by atoms with Crippen molar-refractivity contribution in [1.29, 1.82) is 0 Å². The van der Waals surface area contributed by atoms with Gasteiger partial charge in [0.1, 0.15) is 52.0 Å². The van der Waals surface area contributed by atoms with Crippen LogP contribution in [0, 0.1) is 23.2 Å². The van der Waals surface area contributed by atoms with E-state index in [9.17, 15) is 24.3 Å². The molecular formula is C40H49ClN6O8S. The Morgan fingerprint density at radius 2 is 1.80 bits per heavy atom. The summed E-state index contributed by atoms with van der Waals surface area (Å²) in [4.78, 5) is 65.4. The maximum absolute atomic E-state index is 14.7. The predicted octanol–water partition coefficient (Wildman–Crippen LogP) is 6.27. The highest BCUT2D eigenvalue weighted by atomic mass is 35.5. The third-order valence-corrected chi connectivity index (χ3v) is 12.4. The van der Waals surface area contributed by atoms with Crippen LogP contribution in [-0.4, -0.2) is 93.4 Å². The molecule has 1 unspecified atom stereocenters. The fourth-order valence-electron chi connectivity index (χ4n) is 8.05. The number of hydrogen-bond donors (Lipinski definition) is 4. The first-order valence-electron chi connectivity index (χ1n) is 19.0. The molecule has 1 aliphatic heterocycles. The van der Waals surface area contributed by atoms with Crippen molar-refractivity contribution in [2.75, 3.05) is 19.0 Å². The number of carboxylic acid groups (broad SMARTS) is 1. The summed E-state index contributed by atoms with van der Waals surface area (Å²) in [5.41, 5.74) is -0.830. The number of rotatable bonds is 13. The number of benzene rings is 1. The van der Waals surface area contributed by atoms with E-state index in [-0.39, 0.29) is 36.6 Å². The van der Waals surface area contributed by atoms with Gasteiger partial charge in [-0.15, -0.1) is 17.9 Å². The summed E-state index contributed by atoms with van der Waals surface area (Å²) in [6.07, 6.45) is 2.89. The number of amides is 3. The molecule has 16 heteroatoms. The number of halogens is 1. The number of alkyl carbamates (subject to hydrolysis) is 1. The molecule has 4 aliphatic rings. The van der Waals surface area contributed by atoms with Crippen LogP contribution in [0.4, 0.5) is 9.93 Å². The Hall–Kier alpha value is -4.63. The largest absolute Gasteiger partial charge is 0.495 e. The number of pyridine rings is 1. The molecule has 3 saturated carbocycles. The molecule has 2 aromatic heterocycles. The van der Waals surface area contributed by atoms with Crippen molar-refractivity contribution in [3.63, 3.8) is 0 Å². The van der Waals surface area contributed by atoms with Crippen LogP contribution in [0.5, 0.6) is 11.5 Å². The molecule has 300 valence electrons. The van der Waals surface area contributed by atoms with Gasteiger partial charge in [-0.1, -0.05) is 38.4 Å². The van der Waals surface area contributed by atoms with E-state index in [4.69, 9.17) is 35.8 Å². The number of anilines is 1. The molecule has 56 heavy (non-hydrogen) atoms. The zero-order chi connectivity index (χ0) is 40.3. The minimum Gasteiger partial charge on any atom is -0.495 e. The van der Waals surface area contributed by atoms with Crippen LogP contribution in [0.2, 0.25) is 5.02 Å². The van der Waals surface area contributed by atoms with E-state index in [0.717, 1.165) is 12.8 Å². The Morgan fingerprint density at radius 1 is 1.07 bits per heavy atom. The highest BCUT2D eigenvalue weighted by Gasteiger charge is 2.61. The standard InChI is InChI=1S/C40H49ClN6O8S/c1-8-22-16-40(22,36(50)51)46-34(48)28-14-24(17-47(28)35(49)33(39(4,5)6)45-38(52)55-23-12-20-11-21(20)13-23)54-30-15-26(27-18-56-37(44-27)42-19(2)3)43-32-25(30)9-10-29(53-7)31(32)41/h8-10,15,18-24,28,33H,1,11-14,16-17H2,2-7H3,(H,42,44)(H,45,52)(H,46,48)(H,50,51)/t20-,21+,22?,23+,24-,28+,33-,40-/m1/s1. The number of carbonyl (C=O) groups excluding carboxylic acids is 3. The summed E-state index contributed by atoms with van der Waals surface area (Å²) in [7, 11) is 1.51. The van der Waals surface area contributed by atoms with Crippen molar-refractivity contribution in [3.05, 3.63) is 41.3 Å². The lowest BCUT2D eigenvalue weighted by Crippen LogP contribution is -2.59. The van der Waals surface area contributed by atoms with Gasteiger partial charge in [-0.3, -0.25) is 9.59 Å². The number of ether oxygens (including phenoxy) is 3. The van der Waals surface area contributed by atoms with E-state index in [1.165, 1.54) is 35.8 Å². The smallest absolute Gasteiger partial charge is 0.408 e. The van der Waals surface area contributed by atoms with Crippen LogP contribution in [-0.2, 0) is 19.1 Å². The van der Waals surface area contributed by atoms with Gasteiger partial charge in [-0.2, -0.15) is 0 Å². The lowest BCUT2D eigenvalue weighted by molar-refractivity contribution is -0.146. The van der Waals surface area contributed by atoms with Crippen LogP contribution in [0.1, 0.15) is 66.7 Å². The quantitative estimate of drug-likeness (QED) is 0.143. The number of hydrogen-bond acceptors (Lipinski definition) is 11. The molecule has 8 atom stereocenters. The third-order valence-electron chi connectivity index (χ3n) is 11.3. The van der Waals surface area contributed by atoms with E-state index in [1.54, 1.807) is 18.2 Å². The summed E-state index contributed by atoms with van der Waals surface area (Å²) in [5.74, 6) is -0.804. The second-order valence-electron chi connectivity index (χ2n) is 16.8. The van der Waals surface area contributed by atoms with E-state index in [2.05, 4.69) is 22.5 Å². The van der Waals surface area contributed by atoms with Crippen LogP contribution in [0.15, 0.2) is 36.2 Å². The van der Waals surface area contributed by atoms with Gasteiger partial charge in [-0.05, 0) is 68.9 Å². The van der Waals surface area contributed by atoms with Crippen molar-refractivity contribution in [1.82, 2.24) is 25.5 Å². The summed E-state index contributed by atoms with van der Waals surface area (Å²) in [5, 5.41) is 22.4. The number of aromatic nitrogens is 2. The first-order chi connectivity index (χ1) is 26.5. The Balaban J connectivity index is 1.20. The molecule has 3 aromatic rings. The van der Waals surface area contributed by atoms with Crippen molar-refractivity contribution < 1.29 is 38.5 Å². The molecule has 3 aliphatic carbocycles. The summed E-state index contributed by atoms with van der Waals surface area (Å²) < 4.78 is 17.9. The summed E-state index contributed by atoms with van der Waals surface area (Å²) in [6, 6.07) is 3.20. The first-order valence-corrected chi connectivity index (χ1v) is 20.3. The molecule has 0 bridgehead atoms. The average Bonchev–Trinajstić information content (AvgIpc) is 3.80. The van der Waals surface area contributed by atoms with Crippen molar-refractivity contribution >= 4 is 62.8 Å². The fourth-order valence-corrected chi connectivity index (χ4v) is 9.18. The van der Waals surface area contributed by atoms with Gasteiger partial charge in [0.2, 0.25) is 11.8 Å². The number of fused-ring (bicyclic) bond motifs is 2. The van der Waals surface area contributed by atoms with Gasteiger partial charge in [0.05, 0.1) is 24.9 Å². The number of likely N-dealkylation sites (tertiary alicyclic amines) is 1.